The van der Waals surface area contributed by atoms with Gasteiger partial charge in [0.1, 0.15) is 19.8 Å². The Morgan fingerprint density at radius 2 is 1.00 bits per heavy atom. The van der Waals surface area contributed by atoms with Crippen LogP contribution in [-0.2, 0) is 28.6 Å². The molecule has 0 fully saturated rings. The lowest BCUT2D eigenvalue weighted by Gasteiger charge is -2.29. The highest BCUT2D eigenvalue weighted by atomic mass is 19.1. The normalized spacial score (nSPS) is 10.5. The molecule has 0 saturated heterocycles. The molecule has 0 saturated carbocycles. The summed E-state index contributed by atoms with van der Waals surface area (Å²) in [5.41, 5.74) is -1.80. The highest BCUT2D eigenvalue weighted by Gasteiger charge is 2.36. The Morgan fingerprint density at radius 1 is 0.750 bits per heavy atom. The average Bonchev–Trinajstić information content (AvgIpc) is 2.53. The number of halogens is 3. The van der Waals surface area contributed by atoms with E-state index in [4.69, 9.17) is 0 Å². The maximum absolute atomic E-state index is 12.6. The topological polar surface area (TPSA) is 99.1 Å². The van der Waals surface area contributed by atoms with Crippen LogP contribution in [0.1, 0.15) is 0 Å². The second-order valence-electron chi connectivity index (χ2n) is 4.60. The zero-order valence-corrected chi connectivity index (χ0v) is 12.5. The van der Waals surface area contributed by atoms with Gasteiger partial charge in [-0.2, -0.15) is 13.2 Å². The van der Waals surface area contributed by atoms with E-state index in [9.17, 15) is 32.7 Å². The summed E-state index contributed by atoms with van der Waals surface area (Å²) in [6.45, 7) is 4.67. The van der Waals surface area contributed by atoms with Crippen LogP contribution in [-0.4, -0.2) is 49.4 Å². The lowest BCUT2D eigenvalue weighted by Crippen LogP contribution is -2.42. The largest absolute Gasteiger partial charge is 0.459 e. The molecule has 0 atom stereocenters. The Bertz CT molecular complexity index is 482. The molecule has 0 bridgehead atoms. The Hall–Kier alpha value is -2.62. The molecule has 0 rings (SSSR count). The van der Waals surface area contributed by atoms with Gasteiger partial charge in [0.2, 0.25) is 17.5 Å². The van der Waals surface area contributed by atoms with E-state index in [0.717, 1.165) is 0 Å². The molecule has 0 heterocycles. The van der Waals surface area contributed by atoms with Gasteiger partial charge in [-0.05, 0) is 0 Å². The lowest BCUT2D eigenvalue weighted by atomic mass is 9.92. The summed E-state index contributed by atoms with van der Waals surface area (Å²) >= 11 is 0. The third kappa shape index (κ3) is 7.09. The predicted molar refractivity (Wildman–Crippen MR) is 73.1 cm³/mol. The van der Waals surface area contributed by atoms with Gasteiger partial charge < -0.3 is 19.3 Å². The number of ether oxygens (including phenoxy) is 3. The lowest BCUT2D eigenvalue weighted by molar-refractivity contribution is -0.162. The molecule has 0 aromatic carbocycles. The summed E-state index contributed by atoms with van der Waals surface area (Å²) in [6, 6.07) is 0. The molecule has 0 aliphatic heterocycles. The van der Waals surface area contributed by atoms with Crippen LogP contribution in [0.2, 0.25) is 0 Å². The van der Waals surface area contributed by atoms with Crippen molar-refractivity contribution in [2.24, 2.45) is 5.41 Å². The highest BCUT2D eigenvalue weighted by Crippen LogP contribution is 2.21. The molecule has 0 aliphatic rings. The average molecular weight is 352 g/mol. The predicted octanol–water partition coefficient (Wildman–Crippen LogP) is 1.04. The number of carbonyl (C=O) groups is 3. The van der Waals surface area contributed by atoms with Crippen LogP contribution < -0.4 is 0 Å². The number of hydrogen-bond donors (Lipinski definition) is 1. The molecule has 134 valence electrons. The molecule has 0 spiro atoms. The maximum Gasteiger partial charge on any atom is 0.366 e. The van der Waals surface area contributed by atoms with Crippen LogP contribution in [0.5, 0.6) is 0 Å². The molecule has 0 aliphatic carbocycles. The number of aliphatic hydroxyl groups is 1. The molecule has 1 N–H and O–H groups in total. The van der Waals surface area contributed by atoms with E-state index < -0.39 is 67.2 Å². The first kappa shape index (κ1) is 21.4. The van der Waals surface area contributed by atoms with Gasteiger partial charge in [-0.1, -0.05) is 19.7 Å². The Morgan fingerprint density at radius 3 is 1.17 bits per heavy atom. The van der Waals surface area contributed by atoms with Gasteiger partial charge >= 0.3 is 17.9 Å². The number of hydrogen-bond acceptors (Lipinski definition) is 7. The van der Waals surface area contributed by atoms with Crippen molar-refractivity contribution in [1.29, 1.82) is 0 Å². The van der Waals surface area contributed by atoms with Crippen molar-refractivity contribution in [3.8, 4) is 0 Å². The highest BCUT2D eigenvalue weighted by molar-refractivity contribution is 5.86. The minimum Gasteiger partial charge on any atom is -0.459 e. The zero-order chi connectivity index (χ0) is 18.9. The van der Waals surface area contributed by atoms with E-state index in [-0.39, 0.29) is 0 Å². The van der Waals surface area contributed by atoms with Crippen LogP contribution in [0.4, 0.5) is 13.2 Å². The summed E-state index contributed by atoms with van der Waals surface area (Å²) in [4.78, 5) is 33.2. The minimum atomic E-state index is -1.80. The number of esters is 3. The molecule has 24 heavy (non-hydrogen) atoms. The Kier molecular flexibility index (Phi) is 8.47. The quantitative estimate of drug-likeness (QED) is 0.356. The van der Waals surface area contributed by atoms with Crippen LogP contribution in [0.3, 0.4) is 0 Å². The molecular weight excluding hydrogens is 337 g/mol. The Balaban J connectivity index is 5.11. The molecule has 0 amide bonds. The van der Waals surface area contributed by atoms with Crippen molar-refractivity contribution < 1.29 is 46.9 Å². The van der Waals surface area contributed by atoms with Crippen molar-refractivity contribution in [3.63, 3.8) is 0 Å². The van der Waals surface area contributed by atoms with Gasteiger partial charge in [0.25, 0.3) is 0 Å². The van der Waals surface area contributed by atoms with Crippen molar-refractivity contribution in [1.82, 2.24) is 0 Å². The van der Waals surface area contributed by atoms with Crippen LogP contribution in [0.15, 0.2) is 37.2 Å². The molecule has 0 unspecified atom stereocenters. The molecule has 0 aromatic rings. The monoisotopic (exact) mass is 352 g/mol. The standard InChI is InChI=1S/C14H15F3O7/c1-8(15)11(19)22-5-14(4-18,6-23-12(20)9(2)16)7-24-13(21)10(3)17/h18H,1-7H2. The van der Waals surface area contributed by atoms with E-state index >= 15 is 0 Å². The van der Waals surface area contributed by atoms with Gasteiger partial charge in [-0.15, -0.1) is 0 Å². The van der Waals surface area contributed by atoms with Crippen molar-refractivity contribution in [2.75, 3.05) is 26.4 Å². The van der Waals surface area contributed by atoms with E-state index in [1.165, 1.54) is 0 Å². The first-order valence-electron chi connectivity index (χ1n) is 6.20. The summed E-state index contributed by atoms with van der Waals surface area (Å²) in [5.74, 6) is -8.83. The van der Waals surface area contributed by atoms with Crippen molar-refractivity contribution in [3.05, 3.63) is 37.2 Å². The SMILES string of the molecule is C=C(F)C(=O)OCC(CO)(COC(=O)C(=C)F)COC(=O)C(=C)F. The molecule has 10 heteroatoms. The van der Waals surface area contributed by atoms with E-state index in [1.807, 2.05) is 0 Å². The third-order valence-corrected chi connectivity index (χ3v) is 2.53. The first-order valence-corrected chi connectivity index (χ1v) is 6.20. The van der Waals surface area contributed by atoms with E-state index in [1.54, 1.807) is 0 Å². The van der Waals surface area contributed by atoms with E-state index in [2.05, 4.69) is 33.9 Å². The summed E-state index contributed by atoms with van der Waals surface area (Å²) in [5, 5.41) is 9.41. The fourth-order valence-corrected chi connectivity index (χ4v) is 1.15. The number of aliphatic hydroxyl groups excluding tert-OH is 1. The minimum absolute atomic E-state index is 0.816. The van der Waals surface area contributed by atoms with Crippen molar-refractivity contribution in [2.45, 2.75) is 0 Å². The number of carbonyl (C=O) groups excluding carboxylic acids is 3. The first-order chi connectivity index (χ1) is 11.0. The van der Waals surface area contributed by atoms with Gasteiger partial charge in [0.15, 0.2) is 0 Å². The zero-order valence-electron chi connectivity index (χ0n) is 12.5. The Labute approximate surface area is 135 Å². The van der Waals surface area contributed by atoms with Crippen molar-refractivity contribution >= 4 is 17.9 Å². The molecular formula is C14H15F3O7. The van der Waals surface area contributed by atoms with Gasteiger partial charge in [0.05, 0.1) is 12.0 Å². The van der Waals surface area contributed by atoms with Crippen LogP contribution >= 0.6 is 0 Å². The second-order valence-corrected chi connectivity index (χ2v) is 4.60. The summed E-state index contributed by atoms with van der Waals surface area (Å²) < 4.78 is 51.1. The summed E-state index contributed by atoms with van der Waals surface area (Å²) in [6.07, 6.45) is 0. The molecule has 7 nitrogen and oxygen atoms in total. The van der Waals surface area contributed by atoms with Gasteiger partial charge in [-0.25, -0.2) is 14.4 Å². The summed E-state index contributed by atoms with van der Waals surface area (Å²) in [7, 11) is 0. The van der Waals surface area contributed by atoms with Gasteiger partial charge in [-0.3, -0.25) is 0 Å². The molecule has 0 radical (unpaired) electrons. The maximum atomic E-state index is 12.6. The number of rotatable bonds is 10. The van der Waals surface area contributed by atoms with Gasteiger partial charge in [0, 0.05) is 0 Å². The van der Waals surface area contributed by atoms with E-state index in [0.29, 0.717) is 0 Å². The van der Waals surface area contributed by atoms with Crippen LogP contribution in [0.25, 0.3) is 0 Å². The molecule has 0 aromatic heterocycles. The fourth-order valence-electron chi connectivity index (χ4n) is 1.15. The second kappa shape index (κ2) is 9.50. The fraction of sp³-hybridized carbons (Fsp3) is 0.357. The third-order valence-electron chi connectivity index (χ3n) is 2.53. The van der Waals surface area contributed by atoms with Crippen LogP contribution in [0, 0.1) is 5.41 Å². The smallest absolute Gasteiger partial charge is 0.366 e.